The molecule has 23 heavy (non-hydrogen) atoms. The van der Waals surface area contributed by atoms with Crippen LogP contribution in [0.15, 0.2) is 22.7 Å². The number of nitrogens with zero attached hydrogens (tertiary/aromatic N) is 2. The van der Waals surface area contributed by atoms with Gasteiger partial charge in [0, 0.05) is 12.7 Å². The number of hydrogen-bond acceptors (Lipinski definition) is 6. The van der Waals surface area contributed by atoms with Gasteiger partial charge < -0.3 is 9.26 Å². The van der Waals surface area contributed by atoms with E-state index >= 15 is 0 Å². The van der Waals surface area contributed by atoms with Gasteiger partial charge in [0.2, 0.25) is 11.7 Å². The second-order valence-electron chi connectivity index (χ2n) is 6.56. The molecule has 0 fully saturated rings. The Morgan fingerprint density at radius 3 is 2.52 bits per heavy atom. The van der Waals surface area contributed by atoms with Gasteiger partial charge >= 0.3 is 0 Å². The number of sulfone groups is 1. The van der Waals surface area contributed by atoms with Gasteiger partial charge in [-0.25, -0.2) is 8.42 Å². The number of methoxy groups -OCH3 is 1. The second-order valence-corrected chi connectivity index (χ2v) is 8.82. The first-order valence-corrected chi connectivity index (χ1v) is 9.35. The first kappa shape index (κ1) is 17.5. The van der Waals surface area contributed by atoms with Crippen LogP contribution in [0.1, 0.15) is 32.2 Å². The lowest BCUT2D eigenvalue weighted by atomic mass is 9.86. The predicted octanol–water partition coefficient (Wildman–Crippen LogP) is 2.63. The molecular weight excluding hydrogens is 316 g/mol. The van der Waals surface area contributed by atoms with Crippen LogP contribution < -0.4 is 4.74 Å². The van der Waals surface area contributed by atoms with E-state index in [9.17, 15) is 8.42 Å². The van der Waals surface area contributed by atoms with Gasteiger partial charge in [-0.3, -0.25) is 0 Å². The van der Waals surface area contributed by atoms with Crippen LogP contribution in [0.25, 0.3) is 11.4 Å². The van der Waals surface area contributed by atoms with Crippen molar-refractivity contribution < 1.29 is 17.7 Å². The summed E-state index contributed by atoms with van der Waals surface area (Å²) in [5.41, 5.74) is 1.83. The monoisotopic (exact) mass is 338 g/mol. The Morgan fingerprint density at radius 1 is 1.26 bits per heavy atom. The summed E-state index contributed by atoms with van der Waals surface area (Å²) in [5, 5.41) is 3.96. The van der Waals surface area contributed by atoms with E-state index in [1.54, 1.807) is 7.11 Å². The molecule has 0 bridgehead atoms. The number of aryl methyl sites for hydroxylation is 1. The highest BCUT2D eigenvalue weighted by Gasteiger charge is 2.19. The van der Waals surface area contributed by atoms with Gasteiger partial charge in [-0.05, 0) is 23.1 Å². The van der Waals surface area contributed by atoms with Crippen LogP contribution in [0.3, 0.4) is 0 Å². The average molecular weight is 338 g/mol. The molecule has 0 amide bonds. The summed E-state index contributed by atoms with van der Waals surface area (Å²) in [7, 11) is -1.49. The third-order valence-corrected chi connectivity index (χ3v) is 4.41. The molecule has 0 radical (unpaired) electrons. The summed E-state index contributed by atoms with van der Waals surface area (Å²) >= 11 is 0. The topological polar surface area (TPSA) is 82.3 Å². The van der Waals surface area contributed by atoms with E-state index in [0.717, 1.165) is 11.1 Å². The summed E-state index contributed by atoms with van der Waals surface area (Å²) in [6, 6.07) is 5.86. The highest BCUT2D eigenvalue weighted by molar-refractivity contribution is 7.90. The van der Waals surface area contributed by atoms with E-state index in [1.807, 2.05) is 18.2 Å². The Bertz CT molecular complexity index is 789. The Morgan fingerprint density at radius 2 is 1.96 bits per heavy atom. The molecule has 2 rings (SSSR count). The number of aromatic nitrogens is 2. The molecular formula is C16H22N2O4S. The molecule has 1 aromatic carbocycles. The molecule has 1 aromatic heterocycles. The molecule has 0 aliphatic heterocycles. The zero-order valence-corrected chi connectivity index (χ0v) is 14.9. The molecule has 126 valence electrons. The molecule has 2 aromatic rings. The Labute approximate surface area is 136 Å². The van der Waals surface area contributed by atoms with E-state index in [0.29, 0.717) is 17.5 Å². The van der Waals surface area contributed by atoms with E-state index in [1.165, 1.54) is 6.26 Å². The van der Waals surface area contributed by atoms with E-state index in [2.05, 4.69) is 30.9 Å². The number of ether oxygens (including phenoxy) is 1. The number of hydrogen-bond donors (Lipinski definition) is 0. The Kier molecular flexibility index (Phi) is 4.79. The maximum Gasteiger partial charge on any atom is 0.227 e. The molecule has 7 heteroatoms. The van der Waals surface area contributed by atoms with Crippen LogP contribution in [0.5, 0.6) is 5.75 Å². The lowest BCUT2D eigenvalue weighted by Crippen LogP contribution is -2.11. The lowest BCUT2D eigenvalue weighted by molar-refractivity contribution is 0.382. The molecule has 0 saturated heterocycles. The average Bonchev–Trinajstić information content (AvgIpc) is 2.91. The van der Waals surface area contributed by atoms with Crippen LogP contribution in [0.4, 0.5) is 0 Å². The minimum atomic E-state index is -3.07. The first-order chi connectivity index (χ1) is 10.6. The molecule has 0 saturated carbocycles. The van der Waals surface area contributed by atoms with Gasteiger partial charge in [-0.15, -0.1) is 0 Å². The molecule has 0 N–H and O–H groups in total. The van der Waals surface area contributed by atoms with Crippen molar-refractivity contribution in [1.82, 2.24) is 10.1 Å². The largest absolute Gasteiger partial charge is 0.496 e. The SMILES string of the molecule is COc1ccc(C(C)(C)C)cc1-c1noc(CCS(C)(=O)=O)n1. The zero-order chi connectivity index (χ0) is 17.3. The van der Waals surface area contributed by atoms with Crippen LogP contribution in [0.2, 0.25) is 0 Å². The fourth-order valence-electron chi connectivity index (χ4n) is 2.09. The van der Waals surface area contributed by atoms with Gasteiger partial charge in [0.15, 0.2) is 0 Å². The van der Waals surface area contributed by atoms with Gasteiger partial charge in [-0.2, -0.15) is 4.98 Å². The summed E-state index contributed by atoms with van der Waals surface area (Å²) < 4.78 is 33.0. The maximum absolute atomic E-state index is 11.2. The van der Waals surface area contributed by atoms with Crippen molar-refractivity contribution in [3.8, 4) is 17.1 Å². The van der Waals surface area contributed by atoms with Gasteiger partial charge in [0.05, 0.1) is 18.4 Å². The molecule has 0 aliphatic carbocycles. The standard InChI is InChI=1S/C16H22N2O4S/c1-16(2,3)11-6-7-13(21-4)12(10-11)15-17-14(22-18-15)8-9-23(5,19)20/h6-7,10H,8-9H2,1-5H3. The maximum atomic E-state index is 11.2. The highest BCUT2D eigenvalue weighted by Crippen LogP contribution is 2.33. The summed E-state index contributed by atoms with van der Waals surface area (Å²) in [6.07, 6.45) is 1.38. The summed E-state index contributed by atoms with van der Waals surface area (Å²) in [4.78, 5) is 4.29. The smallest absolute Gasteiger partial charge is 0.227 e. The van der Waals surface area contributed by atoms with Crippen molar-refractivity contribution in [3.63, 3.8) is 0 Å². The molecule has 0 aliphatic rings. The minimum absolute atomic E-state index is 0.0200. The molecule has 6 nitrogen and oxygen atoms in total. The molecule has 0 spiro atoms. The third-order valence-electron chi connectivity index (χ3n) is 3.46. The second kappa shape index (κ2) is 6.31. The van der Waals surface area contributed by atoms with Crippen LogP contribution >= 0.6 is 0 Å². The highest BCUT2D eigenvalue weighted by atomic mass is 32.2. The van der Waals surface area contributed by atoms with Crippen LogP contribution in [0, 0.1) is 0 Å². The fourth-order valence-corrected chi connectivity index (χ4v) is 2.63. The van der Waals surface area contributed by atoms with Crippen molar-refractivity contribution in [2.45, 2.75) is 32.6 Å². The summed E-state index contributed by atoms with van der Waals surface area (Å²) in [5.74, 6) is 1.33. The van der Waals surface area contributed by atoms with Gasteiger partial charge in [-0.1, -0.05) is 32.0 Å². The third kappa shape index (κ3) is 4.54. The van der Waals surface area contributed by atoms with Crippen molar-refractivity contribution in [2.24, 2.45) is 0 Å². The Balaban J connectivity index is 2.36. The van der Waals surface area contributed by atoms with Gasteiger partial charge in [0.1, 0.15) is 15.6 Å². The first-order valence-electron chi connectivity index (χ1n) is 7.29. The molecule has 0 unspecified atom stereocenters. The molecule has 0 atom stereocenters. The van der Waals surface area contributed by atoms with E-state index in [-0.39, 0.29) is 17.6 Å². The fraction of sp³-hybridized carbons (Fsp3) is 0.500. The normalized spacial score (nSPS) is 12.4. The van der Waals surface area contributed by atoms with Crippen molar-refractivity contribution in [2.75, 3.05) is 19.1 Å². The van der Waals surface area contributed by atoms with Crippen molar-refractivity contribution >= 4 is 9.84 Å². The van der Waals surface area contributed by atoms with Crippen molar-refractivity contribution in [3.05, 3.63) is 29.7 Å². The van der Waals surface area contributed by atoms with Crippen LogP contribution in [-0.2, 0) is 21.7 Å². The van der Waals surface area contributed by atoms with E-state index < -0.39 is 9.84 Å². The van der Waals surface area contributed by atoms with E-state index in [4.69, 9.17) is 9.26 Å². The number of benzene rings is 1. The Hall–Kier alpha value is -1.89. The molecule has 1 heterocycles. The quantitative estimate of drug-likeness (QED) is 0.833. The van der Waals surface area contributed by atoms with Gasteiger partial charge in [0.25, 0.3) is 0 Å². The minimum Gasteiger partial charge on any atom is -0.496 e. The number of rotatable bonds is 5. The summed E-state index contributed by atoms with van der Waals surface area (Å²) in [6.45, 7) is 6.35. The zero-order valence-electron chi connectivity index (χ0n) is 14.1. The van der Waals surface area contributed by atoms with Crippen molar-refractivity contribution in [1.29, 1.82) is 0 Å². The van der Waals surface area contributed by atoms with Crippen LogP contribution in [-0.4, -0.2) is 37.7 Å². The lowest BCUT2D eigenvalue weighted by Gasteiger charge is -2.20. The predicted molar refractivity (Wildman–Crippen MR) is 88.4 cm³/mol.